The Morgan fingerprint density at radius 2 is 2.07 bits per heavy atom. The highest BCUT2D eigenvalue weighted by atomic mass is 79.9. The van der Waals surface area contributed by atoms with Gasteiger partial charge in [-0.1, -0.05) is 27.3 Å². The van der Waals surface area contributed by atoms with Gasteiger partial charge in [-0.15, -0.1) is 10.2 Å². The van der Waals surface area contributed by atoms with Gasteiger partial charge in [0, 0.05) is 11.9 Å². The molecule has 0 aromatic carbocycles. The maximum absolute atomic E-state index is 12.2. The Morgan fingerprint density at radius 1 is 1.40 bits per heavy atom. The highest BCUT2D eigenvalue weighted by Crippen LogP contribution is 2.24. The Bertz CT molecular complexity index is 315. The number of halogens is 4. The average molecular weight is 304 g/mol. The number of rotatable bonds is 4. The largest absolute Gasteiger partial charge is 0.406 e. The van der Waals surface area contributed by atoms with E-state index in [1.807, 2.05) is 0 Å². The van der Waals surface area contributed by atoms with Crippen molar-refractivity contribution in [3.05, 3.63) is 5.01 Å². The molecule has 0 fully saturated rings. The first-order valence-electron chi connectivity index (χ1n) is 4.10. The number of hydrogen-bond acceptors (Lipinski definition) is 4. The second-order valence-electron chi connectivity index (χ2n) is 2.83. The van der Waals surface area contributed by atoms with Crippen LogP contribution in [0.5, 0.6) is 0 Å². The van der Waals surface area contributed by atoms with Gasteiger partial charge in [-0.25, -0.2) is 0 Å². The lowest BCUT2D eigenvalue weighted by Crippen LogP contribution is -2.35. The first-order valence-corrected chi connectivity index (χ1v) is 6.04. The summed E-state index contributed by atoms with van der Waals surface area (Å²) >= 11 is 4.27. The lowest BCUT2D eigenvalue weighted by molar-refractivity contribution is -0.119. The molecule has 0 atom stereocenters. The number of hydrogen-bond donors (Lipinski definition) is 0. The first-order chi connectivity index (χ1) is 6.92. The number of nitrogens with zero attached hydrogens (tertiary/aromatic N) is 3. The lowest BCUT2D eigenvalue weighted by atomic mass is 10.5. The van der Waals surface area contributed by atoms with Crippen LogP contribution < -0.4 is 4.90 Å². The van der Waals surface area contributed by atoms with Gasteiger partial charge >= 0.3 is 6.18 Å². The zero-order chi connectivity index (χ0) is 11.5. The number of aryl methyl sites for hydroxylation is 1. The van der Waals surface area contributed by atoms with Crippen LogP contribution in [0, 0.1) is 6.92 Å². The summed E-state index contributed by atoms with van der Waals surface area (Å²) in [6, 6.07) is 0. The quantitative estimate of drug-likeness (QED) is 0.801. The third kappa shape index (κ3) is 4.33. The topological polar surface area (TPSA) is 29.0 Å². The minimum atomic E-state index is -4.22. The van der Waals surface area contributed by atoms with Crippen molar-refractivity contribution in [2.24, 2.45) is 0 Å². The maximum Gasteiger partial charge on any atom is 0.406 e. The standard InChI is InChI=1S/C7H9BrF3N3S/c1-5-12-13-6(15-5)14(3-2-8)4-7(9,10)11/h2-4H2,1H3. The molecule has 0 spiro atoms. The van der Waals surface area contributed by atoms with E-state index in [-0.39, 0.29) is 6.54 Å². The van der Waals surface area contributed by atoms with Crippen LogP contribution in [0.25, 0.3) is 0 Å². The fraction of sp³-hybridized carbons (Fsp3) is 0.714. The summed E-state index contributed by atoms with van der Waals surface area (Å²) in [7, 11) is 0. The predicted octanol–water partition coefficient (Wildman–Crippen LogP) is 2.61. The molecule has 0 aliphatic rings. The molecule has 0 unspecified atom stereocenters. The molecule has 0 bridgehead atoms. The van der Waals surface area contributed by atoms with Crippen molar-refractivity contribution in [2.45, 2.75) is 13.1 Å². The summed E-state index contributed by atoms with van der Waals surface area (Å²) in [4.78, 5) is 1.17. The summed E-state index contributed by atoms with van der Waals surface area (Å²) in [6.45, 7) is 0.975. The van der Waals surface area contributed by atoms with Crippen LogP contribution >= 0.6 is 27.3 Å². The van der Waals surface area contributed by atoms with E-state index in [0.29, 0.717) is 15.5 Å². The van der Waals surface area contributed by atoms with Crippen LogP contribution in [0.2, 0.25) is 0 Å². The van der Waals surface area contributed by atoms with Crippen LogP contribution in [0.3, 0.4) is 0 Å². The molecule has 0 aliphatic heterocycles. The third-order valence-corrected chi connectivity index (χ3v) is 2.76. The van der Waals surface area contributed by atoms with Crippen molar-refractivity contribution < 1.29 is 13.2 Å². The molecule has 0 saturated heterocycles. The molecule has 0 saturated carbocycles. The summed E-state index contributed by atoms with van der Waals surface area (Å²) in [5.41, 5.74) is 0. The van der Waals surface area contributed by atoms with E-state index in [1.54, 1.807) is 6.92 Å². The Kier molecular flexibility index (Phi) is 4.32. The molecule has 1 heterocycles. The first kappa shape index (κ1) is 12.7. The van der Waals surface area contributed by atoms with Crippen LogP contribution in [0.4, 0.5) is 18.3 Å². The van der Waals surface area contributed by atoms with E-state index in [0.717, 1.165) is 11.3 Å². The van der Waals surface area contributed by atoms with Crippen molar-refractivity contribution in [1.82, 2.24) is 10.2 Å². The van der Waals surface area contributed by atoms with E-state index in [4.69, 9.17) is 0 Å². The molecule has 0 radical (unpaired) electrons. The van der Waals surface area contributed by atoms with Gasteiger partial charge in [0.1, 0.15) is 11.6 Å². The van der Waals surface area contributed by atoms with Crippen molar-refractivity contribution in [3.63, 3.8) is 0 Å². The molecule has 0 N–H and O–H groups in total. The summed E-state index contributed by atoms with van der Waals surface area (Å²) < 4.78 is 36.7. The van der Waals surface area contributed by atoms with Crippen LogP contribution in [-0.4, -0.2) is 34.8 Å². The zero-order valence-electron chi connectivity index (χ0n) is 7.88. The fourth-order valence-corrected chi connectivity index (χ4v) is 2.12. The van der Waals surface area contributed by atoms with Gasteiger partial charge in [-0.05, 0) is 6.92 Å². The molecule has 1 rings (SSSR count). The Balaban J connectivity index is 2.74. The third-order valence-electron chi connectivity index (χ3n) is 1.51. The van der Waals surface area contributed by atoms with Crippen molar-refractivity contribution in [3.8, 4) is 0 Å². The van der Waals surface area contributed by atoms with Crippen molar-refractivity contribution in [1.29, 1.82) is 0 Å². The number of alkyl halides is 4. The van der Waals surface area contributed by atoms with Gasteiger partial charge in [0.15, 0.2) is 0 Å². The summed E-state index contributed by atoms with van der Waals surface area (Å²) in [5.74, 6) is 0. The Hall–Kier alpha value is -0.370. The van der Waals surface area contributed by atoms with Gasteiger partial charge in [0.2, 0.25) is 5.13 Å². The molecular weight excluding hydrogens is 295 g/mol. The van der Waals surface area contributed by atoms with E-state index in [9.17, 15) is 13.2 Å². The average Bonchev–Trinajstić information content (AvgIpc) is 2.48. The highest BCUT2D eigenvalue weighted by molar-refractivity contribution is 9.09. The molecule has 8 heteroatoms. The molecular formula is C7H9BrF3N3S. The highest BCUT2D eigenvalue weighted by Gasteiger charge is 2.31. The molecule has 1 aromatic heterocycles. The number of anilines is 1. The Morgan fingerprint density at radius 3 is 2.47 bits per heavy atom. The van der Waals surface area contributed by atoms with Crippen molar-refractivity contribution in [2.75, 3.05) is 23.3 Å². The fourth-order valence-electron chi connectivity index (χ4n) is 0.975. The second-order valence-corrected chi connectivity index (χ2v) is 4.78. The van der Waals surface area contributed by atoms with Gasteiger partial charge < -0.3 is 4.90 Å². The van der Waals surface area contributed by atoms with E-state index < -0.39 is 12.7 Å². The van der Waals surface area contributed by atoms with Crippen LogP contribution in [0.1, 0.15) is 5.01 Å². The summed E-state index contributed by atoms with van der Waals surface area (Å²) in [5, 5.41) is 8.82. The summed E-state index contributed by atoms with van der Waals surface area (Å²) in [6.07, 6.45) is -4.22. The van der Waals surface area contributed by atoms with Crippen LogP contribution in [0.15, 0.2) is 0 Å². The Labute approximate surface area is 97.4 Å². The molecule has 0 amide bonds. The van der Waals surface area contributed by atoms with E-state index >= 15 is 0 Å². The minimum absolute atomic E-state index is 0.258. The molecule has 1 aromatic rings. The van der Waals surface area contributed by atoms with Gasteiger partial charge in [-0.2, -0.15) is 13.2 Å². The zero-order valence-corrected chi connectivity index (χ0v) is 10.3. The SMILES string of the molecule is Cc1nnc(N(CCBr)CC(F)(F)F)s1. The van der Waals surface area contributed by atoms with Crippen molar-refractivity contribution >= 4 is 32.4 Å². The van der Waals surface area contributed by atoms with E-state index in [2.05, 4.69) is 26.1 Å². The van der Waals surface area contributed by atoms with Gasteiger partial charge in [-0.3, -0.25) is 0 Å². The van der Waals surface area contributed by atoms with Gasteiger partial charge in [0.05, 0.1) is 0 Å². The lowest BCUT2D eigenvalue weighted by Gasteiger charge is -2.21. The predicted molar refractivity (Wildman–Crippen MR) is 56.7 cm³/mol. The van der Waals surface area contributed by atoms with Crippen LogP contribution in [-0.2, 0) is 0 Å². The second kappa shape index (κ2) is 5.11. The molecule has 86 valence electrons. The number of aromatic nitrogens is 2. The smallest absolute Gasteiger partial charge is 0.337 e. The minimum Gasteiger partial charge on any atom is -0.337 e. The molecule has 15 heavy (non-hydrogen) atoms. The monoisotopic (exact) mass is 303 g/mol. The van der Waals surface area contributed by atoms with E-state index in [1.165, 1.54) is 4.90 Å². The van der Waals surface area contributed by atoms with Gasteiger partial charge in [0.25, 0.3) is 0 Å². The maximum atomic E-state index is 12.2. The molecule has 0 aliphatic carbocycles. The normalized spacial score (nSPS) is 11.8. The molecule has 3 nitrogen and oxygen atoms in total.